The lowest BCUT2D eigenvalue weighted by Gasteiger charge is -2.27. The van der Waals surface area contributed by atoms with Gasteiger partial charge in [0.25, 0.3) is 5.95 Å². The first-order valence-electron chi connectivity index (χ1n) is 11.7. The summed E-state index contributed by atoms with van der Waals surface area (Å²) in [7, 11) is 0. The number of aryl methyl sites for hydroxylation is 1. The lowest BCUT2D eigenvalue weighted by molar-refractivity contribution is -0.124. The maximum absolute atomic E-state index is 14.8. The Bertz CT molecular complexity index is 1350. The molecule has 9 heteroatoms. The molecule has 0 aliphatic carbocycles. The molecule has 184 valence electrons. The van der Waals surface area contributed by atoms with Crippen LogP contribution in [0.15, 0.2) is 59.6 Å². The van der Waals surface area contributed by atoms with Gasteiger partial charge in [-0.2, -0.15) is 8.78 Å². The normalized spacial score (nSPS) is 19.4. The first kappa shape index (κ1) is 23.7. The van der Waals surface area contributed by atoms with Crippen LogP contribution in [-0.4, -0.2) is 41.0 Å². The van der Waals surface area contributed by atoms with Gasteiger partial charge in [-0.1, -0.05) is 48.5 Å². The highest BCUT2D eigenvalue weighted by Gasteiger charge is 2.38. The smallest absolute Gasteiger partial charge is 0.251 e. The maximum atomic E-state index is 14.8. The number of Topliss-reactive ketones (excluding diaryl/α,β-unsaturated/α-hetero) is 1. The number of ketones is 1. The third kappa shape index (κ3) is 4.25. The number of fused-ring (bicyclic) bond motifs is 1. The van der Waals surface area contributed by atoms with Crippen molar-refractivity contribution in [1.29, 1.82) is 0 Å². The summed E-state index contributed by atoms with van der Waals surface area (Å²) in [5.41, 5.74) is 1.76. The van der Waals surface area contributed by atoms with E-state index in [4.69, 9.17) is 0 Å². The van der Waals surface area contributed by atoms with Crippen LogP contribution >= 0.6 is 0 Å². The first-order valence-corrected chi connectivity index (χ1v) is 11.7. The van der Waals surface area contributed by atoms with Gasteiger partial charge in [-0.05, 0) is 25.8 Å². The Morgan fingerprint density at radius 1 is 1.06 bits per heavy atom. The van der Waals surface area contributed by atoms with E-state index in [1.807, 2.05) is 42.5 Å². The summed E-state index contributed by atoms with van der Waals surface area (Å²) in [6.45, 7) is 1.41. The number of halogens is 3. The average molecular weight is 493 g/mol. The van der Waals surface area contributed by atoms with E-state index in [0.717, 1.165) is 11.1 Å². The molecule has 1 fully saturated rings. The predicted octanol–water partition coefficient (Wildman–Crippen LogP) is 4.59. The number of aliphatic imine (C=N–C) groups is 1. The van der Waals surface area contributed by atoms with Crippen LogP contribution in [0.5, 0.6) is 0 Å². The zero-order chi connectivity index (χ0) is 25.4. The highest BCUT2D eigenvalue weighted by molar-refractivity contribution is 6.20. The molecule has 0 radical (unpaired) electrons. The number of para-hydroxylation sites is 1. The first-order chi connectivity index (χ1) is 17.3. The number of nitrogens with one attached hydrogen (secondary N) is 1. The summed E-state index contributed by atoms with van der Waals surface area (Å²) in [6, 6.07) is 14.6. The van der Waals surface area contributed by atoms with Crippen molar-refractivity contribution in [3.05, 3.63) is 89.0 Å². The predicted molar refractivity (Wildman–Crippen MR) is 130 cm³/mol. The molecule has 1 aromatic heterocycles. The van der Waals surface area contributed by atoms with Gasteiger partial charge in [0.05, 0.1) is 23.1 Å². The molecule has 5 rings (SSSR count). The van der Waals surface area contributed by atoms with E-state index in [2.05, 4.69) is 15.3 Å². The molecular weight excluding hydrogens is 469 g/mol. The van der Waals surface area contributed by atoms with Gasteiger partial charge in [-0.25, -0.2) is 9.37 Å². The van der Waals surface area contributed by atoms with E-state index in [-0.39, 0.29) is 18.7 Å². The van der Waals surface area contributed by atoms with E-state index in [1.54, 1.807) is 12.1 Å². The number of hydrogen-bond acceptors (Lipinski definition) is 5. The second-order valence-electron chi connectivity index (χ2n) is 8.88. The molecule has 0 bridgehead atoms. The van der Waals surface area contributed by atoms with Crippen LogP contribution in [0.4, 0.5) is 24.5 Å². The molecule has 1 N–H and O–H groups in total. The summed E-state index contributed by atoms with van der Waals surface area (Å²) in [5, 5.41) is 2.85. The number of benzene rings is 2. The molecule has 1 amide bonds. The van der Waals surface area contributed by atoms with E-state index >= 15 is 0 Å². The van der Waals surface area contributed by atoms with Crippen molar-refractivity contribution < 1.29 is 22.8 Å². The fourth-order valence-electron chi connectivity index (χ4n) is 4.82. The van der Waals surface area contributed by atoms with Gasteiger partial charge in [0.1, 0.15) is 11.7 Å². The van der Waals surface area contributed by atoms with Gasteiger partial charge in [0.2, 0.25) is 11.7 Å². The molecular formula is C27H23F3N4O2. The standard InChI is InChI=1S/C27H23F3N4O2/c1-15-22(28)25(23(29)26(30)31-15)34-13-7-12-20(34)21(35)14-19-27(36)33-18-11-6-5-10-17(18)24(32-19)16-8-3-2-4-9-16/h2-6,8-11,19-20H,7,12-14H2,1H3,(H,33,36)/t19-,20+/m1/s1. The number of benzodiazepines with no additional fused rings is 1. The van der Waals surface area contributed by atoms with Crippen molar-refractivity contribution in [2.45, 2.75) is 38.3 Å². The van der Waals surface area contributed by atoms with Crippen molar-refractivity contribution in [3.63, 3.8) is 0 Å². The Morgan fingerprint density at radius 3 is 2.56 bits per heavy atom. The fourth-order valence-corrected chi connectivity index (χ4v) is 4.82. The molecule has 2 atom stereocenters. The topological polar surface area (TPSA) is 74.7 Å². The van der Waals surface area contributed by atoms with Gasteiger partial charge in [0.15, 0.2) is 11.6 Å². The largest absolute Gasteiger partial charge is 0.357 e. The number of carbonyl (C=O) groups excluding carboxylic acids is 2. The third-order valence-electron chi connectivity index (χ3n) is 6.56. The maximum Gasteiger partial charge on any atom is 0.251 e. The van der Waals surface area contributed by atoms with Gasteiger partial charge in [-0.3, -0.25) is 14.6 Å². The number of rotatable bonds is 5. The number of amides is 1. The van der Waals surface area contributed by atoms with Gasteiger partial charge >= 0.3 is 0 Å². The lowest BCUT2D eigenvalue weighted by Crippen LogP contribution is -2.40. The number of anilines is 2. The van der Waals surface area contributed by atoms with Crippen molar-refractivity contribution in [2.75, 3.05) is 16.8 Å². The fraction of sp³-hybridized carbons (Fsp3) is 0.259. The summed E-state index contributed by atoms with van der Waals surface area (Å²) in [6.07, 6.45) is 0.538. The van der Waals surface area contributed by atoms with Crippen LogP contribution in [0.2, 0.25) is 0 Å². The van der Waals surface area contributed by atoms with E-state index < -0.39 is 47.0 Å². The monoisotopic (exact) mass is 492 g/mol. The quantitative estimate of drug-likeness (QED) is 0.529. The van der Waals surface area contributed by atoms with Gasteiger partial charge < -0.3 is 10.2 Å². The van der Waals surface area contributed by atoms with Crippen LogP contribution in [0.1, 0.15) is 36.1 Å². The molecule has 0 spiro atoms. The number of pyridine rings is 1. The van der Waals surface area contributed by atoms with Crippen LogP contribution < -0.4 is 10.2 Å². The molecule has 2 aliphatic rings. The van der Waals surface area contributed by atoms with Crippen LogP contribution in [0.25, 0.3) is 0 Å². The Hall–Kier alpha value is -4.01. The molecule has 3 heterocycles. The zero-order valence-electron chi connectivity index (χ0n) is 19.5. The second-order valence-corrected chi connectivity index (χ2v) is 8.88. The Labute approximate surface area is 205 Å². The third-order valence-corrected chi connectivity index (χ3v) is 6.56. The molecule has 2 aliphatic heterocycles. The number of aromatic nitrogens is 1. The molecule has 1 saturated heterocycles. The number of nitrogens with zero attached hydrogens (tertiary/aromatic N) is 3. The van der Waals surface area contributed by atoms with E-state index in [9.17, 15) is 22.8 Å². The summed E-state index contributed by atoms with van der Waals surface area (Å²) in [5.74, 6) is -4.69. The summed E-state index contributed by atoms with van der Waals surface area (Å²) in [4.78, 5) is 35.7. The van der Waals surface area contributed by atoms with Crippen molar-refractivity contribution in [1.82, 2.24) is 4.98 Å². The minimum atomic E-state index is -1.43. The van der Waals surface area contributed by atoms with Crippen molar-refractivity contribution in [3.8, 4) is 0 Å². The minimum absolute atomic E-state index is 0.175. The Kier molecular flexibility index (Phi) is 6.30. The molecule has 0 unspecified atom stereocenters. The Balaban J connectivity index is 1.48. The molecule has 36 heavy (non-hydrogen) atoms. The molecule has 3 aromatic rings. The van der Waals surface area contributed by atoms with Crippen molar-refractivity contribution >= 4 is 28.8 Å². The SMILES string of the molecule is Cc1nc(F)c(F)c(N2CCC[C@H]2C(=O)C[C@H]2N=C(c3ccccc3)c3ccccc3NC2=O)c1F. The summed E-state index contributed by atoms with van der Waals surface area (Å²) < 4.78 is 43.3. The van der Waals surface area contributed by atoms with Gasteiger partial charge in [-0.15, -0.1) is 0 Å². The van der Waals surface area contributed by atoms with E-state index in [0.29, 0.717) is 24.2 Å². The summed E-state index contributed by atoms with van der Waals surface area (Å²) >= 11 is 0. The lowest BCUT2D eigenvalue weighted by atomic mass is 10.00. The second kappa shape index (κ2) is 9.56. The molecule has 6 nitrogen and oxygen atoms in total. The van der Waals surface area contributed by atoms with Crippen molar-refractivity contribution in [2.24, 2.45) is 4.99 Å². The van der Waals surface area contributed by atoms with Crippen LogP contribution in [-0.2, 0) is 9.59 Å². The molecule has 2 aromatic carbocycles. The molecule has 0 saturated carbocycles. The number of hydrogen-bond donors (Lipinski definition) is 1. The average Bonchev–Trinajstić information content (AvgIpc) is 3.31. The highest BCUT2D eigenvalue weighted by Crippen LogP contribution is 2.34. The van der Waals surface area contributed by atoms with Gasteiger partial charge in [0, 0.05) is 24.1 Å². The van der Waals surface area contributed by atoms with Crippen LogP contribution in [0, 0.1) is 24.5 Å². The van der Waals surface area contributed by atoms with Crippen LogP contribution in [0.3, 0.4) is 0 Å². The van der Waals surface area contributed by atoms with E-state index in [1.165, 1.54) is 11.8 Å². The zero-order valence-corrected chi connectivity index (χ0v) is 19.5. The minimum Gasteiger partial charge on any atom is -0.357 e. The Morgan fingerprint density at radius 2 is 1.78 bits per heavy atom. The highest BCUT2D eigenvalue weighted by atomic mass is 19.2. The number of carbonyl (C=O) groups is 2.